The Balaban J connectivity index is 1.48. The van der Waals surface area contributed by atoms with Gasteiger partial charge in [0.2, 0.25) is 0 Å². The largest absolute Gasteiger partial charge is 0.490 e. The summed E-state index contributed by atoms with van der Waals surface area (Å²) in [5.41, 5.74) is 2.50. The molecule has 4 rings (SSSR count). The number of anilines is 2. The molecule has 0 aliphatic carbocycles. The molecule has 2 aromatic rings. The summed E-state index contributed by atoms with van der Waals surface area (Å²) in [5, 5.41) is 5.59. The van der Waals surface area contributed by atoms with E-state index >= 15 is 0 Å². The van der Waals surface area contributed by atoms with Crippen LogP contribution in [0.5, 0.6) is 5.75 Å². The summed E-state index contributed by atoms with van der Waals surface area (Å²) in [4.78, 5) is 39.1. The quantitative estimate of drug-likeness (QED) is 0.666. The summed E-state index contributed by atoms with van der Waals surface area (Å²) >= 11 is 0. The number of hydrogen-bond acceptors (Lipinski definition) is 6. The first kappa shape index (κ1) is 23.6. The number of nitrogens with zero attached hydrogens (tertiary/aromatic N) is 1. The van der Waals surface area contributed by atoms with Crippen molar-refractivity contribution in [1.29, 1.82) is 0 Å². The van der Waals surface area contributed by atoms with Gasteiger partial charge in [0, 0.05) is 18.4 Å². The summed E-state index contributed by atoms with van der Waals surface area (Å²) in [6, 6.07) is 11.9. The standard InChI is InChI=1S/C25H29N3O6/c1-15-6-4-5-7-19(15)27-25(31)26-16-8-11-21-18(12-16)24(30)28(2)20-10-9-17(13-23(29)32-3)34-22(20)14-33-21/h4-8,11-12,17,20,22H,9-10,13-14H2,1-3H3,(H2,26,27,31)/t17-,20+,22-/m0/s1. The van der Waals surface area contributed by atoms with E-state index in [4.69, 9.17) is 14.2 Å². The van der Waals surface area contributed by atoms with Crippen LogP contribution < -0.4 is 15.4 Å². The number of para-hydroxylation sites is 1. The van der Waals surface area contributed by atoms with Crippen molar-refractivity contribution in [2.75, 3.05) is 31.4 Å². The van der Waals surface area contributed by atoms with Gasteiger partial charge in [0.25, 0.3) is 5.91 Å². The Morgan fingerprint density at radius 1 is 1.15 bits per heavy atom. The summed E-state index contributed by atoms with van der Waals surface area (Å²) in [6.45, 7) is 2.15. The molecule has 0 unspecified atom stereocenters. The normalized spacial score (nSPS) is 21.8. The van der Waals surface area contributed by atoms with Gasteiger partial charge in [-0.25, -0.2) is 4.79 Å². The molecule has 9 nitrogen and oxygen atoms in total. The average Bonchev–Trinajstić information content (AvgIpc) is 2.83. The molecule has 1 fully saturated rings. The fourth-order valence-corrected chi connectivity index (χ4v) is 4.37. The number of ether oxygens (including phenoxy) is 3. The van der Waals surface area contributed by atoms with E-state index in [1.807, 2.05) is 31.2 Å². The number of nitrogens with one attached hydrogen (secondary N) is 2. The molecule has 1 saturated heterocycles. The topological polar surface area (TPSA) is 106 Å². The zero-order valence-electron chi connectivity index (χ0n) is 19.5. The lowest BCUT2D eigenvalue weighted by Gasteiger charge is -2.42. The molecule has 34 heavy (non-hydrogen) atoms. The molecular weight excluding hydrogens is 438 g/mol. The summed E-state index contributed by atoms with van der Waals surface area (Å²) < 4.78 is 16.8. The highest BCUT2D eigenvalue weighted by Crippen LogP contribution is 2.32. The van der Waals surface area contributed by atoms with Gasteiger partial charge >= 0.3 is 12.0 Å². The van der Waals surface area contributed by atoms with Crippen LogP contribution in [0.1, 0.15) is 35.2 Å². The van der Waals surface area contributed by atoms with E-state index in [0.717, 1.165) is 5.56 Å². The Labute approximate surface area is 198 Å². The predicted molar refractivity (Wildman–Crippen MR) is 126 cm³/mol. The van der Waals surface area contributed by atoms with E-state index in [0.29, 0.717) is 35.5 Å². The third-order valence-corrected chi connectivity index (χ3v) is 6.28. The van der Waals surface area contributed by atoms with Crippen molar-refractivity contribution < 1.29 is 28.6 Å². The van der Waals surface area contributed by atoms with Crippen molar-refractivity contribution in [3.8, 4) is 5.75 Å². The van der Waals surface area contributed by atoms with Crippen LogP contribution in [0.2, 0.25) is 0 Å². The number of rotatable bonds is 4. The molecule has 180 valence electrons. The molecule has 2 N–H and O–H groups in total. The van der Waals surface area contributed by atoms with E-state index in [1.165, 1.54) is 7.11 Å². The summed E-state index contributed by atoms with van der Waals surface area (Å²) in [5.74, 6) is -0.127. The molecular formula is C25H29N3O6. The molecule has 0 bridgehead atoms. The van der Waals surface area contributed by atoms with Gasteiger partial charge < -0.3 is 29.7 Å². The number of carbonyl (C=O) groups is 3. The maximum Gasteiger partial charge on any atom is 0.323 e. The minimum Gasteiger partial charge on any atom is -0.490 e. The highest BCUT2D eigenvalue weighted by Gasteiger charge is 2.39. The minimum absolute atomic E-state index is 0.174. The van der Waals surface area contributed by atoms with E-state index in [1.54, 1.807) is 30.1 Å². The van der Waals surface area contributed by atoms with Crippen LogP contribution in [0.15, 0.2) is 42.5 Å². The third kappa shape index (κ3) is 5.14. The van der Waals surface area contributed by atoms with Crippen LogP contribution in [0.4, 0.5) is 16.2 Å². The van der Waals surface area contributed by atoms with Gasteiger partial charge in [-0.15, -0.1) is 0 Å². The summed E-state index contributed by atoms with van der Waals surface area (Å²) in [6.07, 6.45) is 0.875. The number of urea groups is 1. The van der Waals surface area contributed by atoms with Gasteiger partial charge in [-0.3, -0.25) is 9.59 Å². The lowest BCUT2D eigenvalue weighted by atomic mass is 9.94. The van der Waals surface area contributed by atoms with Crippen molar-refractivity contribution in [2.45, 2.75) is 44.4 Å². The second-order valence-corrected chi connectivity index (χ2v) is 8.55. The van der Waals surface area contributed by atoms with Gasteiger partial charge in [0.05, 0.1) is 31.2 Å². The van der Waals surface area contributed by atoms with Gasteiger partial charge in [0.1, 0.15) is 18.5 Å². The number of carbonyl (C=O) groups excluding carboxylic acids is 3. The fraction of sp³-hybridized carbons (Fsp3) is 0.400. The number of fused-ring (bicyclic) bond motifs is 2. The maximum absolute atomic E-state index is 13.3. The Morgan fingerprint density at radius 3 is 2.71 bits per heavy atom. The Morgan fingerprint density at radius 2 is 1.94 bits per heavy atom. The fourth-order valence-electron chi connectivity index (χ4n) is 4.37. The van der Waals surface area contributed by atoms with Crippen LogP contribution in [0.25, 0.3) is 0 Å². The number of benzene rings is 2. The SMILES string of the molecule is COC(=O)C[C@@H]1CC[C@@H]2[C@H](COc3ccc(NC(=O)Nc4ccccc4C)cc3C(=O)N2C)O1. The van der Waals surface area contributed by atoms with E-state index in [2.05, 4.69) is 10.6 Å². The molecule has 2 aliphatic heterocycles. The highest BCUT2D eigenvalue weighted by molar-refractivity contribution is 6.02. The number of hydrogen-bond donors (Lipinski definition) is 2. The van der Waals surface area contributed by atoms with Crippen LogP contribution >= 0.6 is 0 Å². The Kier molecular flexibility index (Phi) is 7.02. The van der Waals surface area contributed by atoms with Gasteiger partial charge in [-0.05, 0) is 49.6 Å². The molecule has 2 aromatic carbocycles. The molecule has 2 heterocycles. The lowest BCUT2D eigenvalue weighted by molar-refractivity contribution is -0.151. The van der Waals surface area contributed by atoms with Gasteiger partial charge in [-0.1, -0.05) is 18.2 Å². The molecule has 2 aliphatic rings. The molecule has 0 saturated carbocycles. The second kappa shape index (κ2) is 10.1. The zero-order valence-corrected chi connectivity index (χ0v) is 19.5. The van der Waals surface area contributed by atoms with E-state index in [-0.39, 0.29) is 43.2 Å². The number of amides is 3. The summed E-state index contributed by atoms with van der Waals surface area (Å²) in [7, 11) is 3.09. The Hall–Kier alpha value is -3.59. The van der Waals surface area contributed by atoms with E-state index < -0.39 is 6.03 Å². The molecule has 9 heteroatoms. The first-order chi connectivity index (χ1) is 16.4. The van der Waals surface area contributed by atoms with Crippen molar-refractivity contribution in [1.82, 2.24) is 4.90 Å². The third-order valence-electron chi connectivity index (χ3n) is 6.28. The molecule has 3 amide bonds. The predicted octanol–water partition coefficient (Wildman–Crippen LogP) is 3.58. The average molecular weight is 468 g/mol. The van der Waals surface area contributed by atoms with Crippen molar-refractivity contribution in [3.63, 3.8) is 0 Å². The van der Waals surface area contributed by atoms with Crippen molar-refractivity contribution in [2.24, 2.45) is 0 Å². The molecule has 0 radical (unpaired) electrons. The van der Waals surface area contributed by atoms with Crippen LogP contribution in [-0.4, -0.2) is 61.8 Å². The zero-order chi connectivity index (χ0) is 24.2. The number of aryl methyl sites for hydroxylation is 1. The molecule has 0 spiro atoms. The van der Waals surface area contributed by atoms with E-state index in [9.17, 15) is 14.4 Å². The first-order valence-electron chi connectivity index (χ1n) is 11.3. The highest BCUT2D eigenvalue weighted by atomic mass is 16.5. The van der Waals surface area contributed by atoms with Gasteiger partial charge in [-0.2, -0.15) is 0 Å². The van der Waals surface area contributed by atoms with Crippen molar-refractivity contribution in [3.05, 3.63) is 53.6 Å². The van der Waals surface area contributed by atoms with Crippen LogP contribution in [0, 0.1) is 6.92 Å². The van der Waals surface area contributed by atoms with Crippen molar-refractivity contribution >= 4 is 29.3 Å². The smallest absolute Gasteiger partial charge is 0.323 e. The lowest BCUT2D eigenvalue weighted by Crippen LogP contribution is -2.53. The monoisotopic (exact) mass is 467 g/mol. The molecule has 3 atom stereocenters. The Bertz CT molecular complexity index is 1090. The molecule has 0 aromatic heterocycles. The minimum atomic E-state index is -0.404. The van der Waals surface area contributed by atoms with Crippen LogP contribution in [-0.2, 0) is 14.3 Å². The second-order valence-electron chi connectivity index (χ2n) is 8.55. The number of likely N-dealkylation sites (N-methyl/N-ethyl adjacent to an activating group) is 1. The number of methoxy groups -OCH3 is 1. The first-order valence-corrected chi connectivity index (χ1v) is 11.3. The number of esters is 1. The van der Waals surface area contributed by atoms with Crippen LogP contribution in [0.3, 0.4) is 0 Å². The van der Waals surface area contributed by atoms with Gasteiger partial charge in [0.15, 0.2) is 0 Å². The maximum atomic E-state index is 13.3.